The van der Waals surface area contributed by atoms with Crippen LogP contribution in [0.4, 0.5) is 5.82 Å². The van der Waals surface area contributed by atoms with Crippen molar-refractivity contribution in [2.75, 3.05) is 11.9 Å². The second-order valence-corrected chi connectivity index (χ2v) is 5.23. The molecule has 6 nitrogen and oxygen atoms in total. The molecule has 1 amide bonds. The molecule has 0 radical (unpaired) electrons. The molecule has 0 aliphatic rings. The van der Waals surface area contributed by atoms with Gasteiger partial charge in [0.15, 0.2) is 5.82 Å². The van der Waals surface area contributed by atoms with Gasteiger partial charge in [0.05, 0.1) is 24.9 Å². The van der Waals surface area contributed by atoms with Gasteiger partial charge in [0.1, 0.15) is 17.4 Å². The van der Waals surface area contributed by atoms with Crippen molar-refractivity contribution in [3.05, 3.63) is 72.4 Å². The lowest BCUT2D eigenvalue weighted by Gasteiger charge is -2.10. The van der Waals surface area contributed by atoms with Crippen LogP contribution in [0.25, 0.3) is 5.69 Å². The number of anilines is 1. The number of aromatic nitrogens is 2. The number of ether oxygens (including phenoxy) is 1. The summed E-state index contributed by atoms with van der Waals surface area (Å²) >= 11 is 0. The van der Waals surface area contributed by atoms with E-state index in [0.29, 0.717) is 17.1 Å². The predicted molar refractivity (Wildman–Crippen MR) is 93.5 cm³/mol. The maximum Gasteiger partial charge on any atom is 0.228 e. The number of nitrogens with zero attached hydrogens (tertiary/aromatic N) is 3. The summed E-state index contributed by atoms with van der Waals surface area (Å²) in [6.07, 6.45) is 1.60. The molecule has 0 bridgehead atoms. The summed E-state index contributed by atoms with van der Waals surface area (Å²) in [7, 11) is 0. The lowest BCUT2D eigenvalue weighted by atomic mass is 10.3. The van der Waals surface area contributed by atoms with E-state index in [-0.39, 0.29) is 18.9 Å². The van der Waals surface area contributed by atoms with E-state index in [1.165, 1.54) is 10.9 Å². The van der Waals surface area contributed by atoms with Crippen LogP contribution < -0.4 is 10.1 Å². The number of benzene rings is 2. The third-order valence-corrected chi connectivity index (χ3v) is 3.49. The largest absolute Gasteiger partial charge is 0.493 e. The Labute approximate surface area is 145 Å². The molecule has 0 atom stereocenters. The summed E-state index contributed by atoms with van der Waals surface area (Å²) in [5, 5.41) is 16.2. The van der Waals surface area contributed by atoms with Crippen molar-refractivity contribution >= 4 is 11.7 Å². The quantitative estimate of drug-likeness (QED) is 0.752. The van der Waals surface area contributed by atoms with Crippen molar-refractivity contribution < 1.29 is 9.53 Å². The minimum atomic E-state index is -0.245. The van der Waals surface area contributed by atoms with Gasteiger partial charge in [-0.05, 0) is 24.3 Å². The van der Waals surface area contributed by atoms with E-state index in [1.54, 1.807) is 0 Å². The first kappa shape index (κ1) is 16.3. The molecular weight excluding hydrogens is 316 g/mol. The van der Waals surface area contributed by atoms with Crippen LogP contribution in [0, 0.1) is 11.3 Å². The van der Waals surface area contributed by atoms with Gasteiger partial charge in [-0.15, -0.1) is 0 Å². The van der Waals surface area contributed by atoms with E-state index < -0.39 is 0 Å². The topological polar surface area (TPSA) is 79.9 Å². The zero-order valence-corrected chi connectivity index (χ0v) is 13.4. The van der Waals surface area contributed by atoms with E-state index in [9.17, 15) is 10.1 Å². The molecule has 1 heterocycles. The molecule has 0 unspecified atom stereocenters. The number of nitrogens with one attached hydrogen (secondary N) is 1. The normalized spacial score (nSPS) is 10.0. The van der Waals surface area contributed by atoms with Crippen molar-refractivity contribution in [3.8, 4) is 17.5 Å². The fraction of sp³-hybridized carbons (Fsp3) is 0.105. The lowest BCUT2D eigenvalue weighted by Crippen LogP contribution is -2.18. The summed E-state index contributed by atoms with van der Waals surface area (Å²) in [6.45, 7) is 0.247. The molecule has 2 aromatic carbocycles. The number of amides is 1. The highest BCUT2D eigenvalue weighted by Crippen LogP contribution is 2.19. The van der Waals surface area contributed by atoms with Crippen molar-refractivity contribution in [2.24, 2.45) is 0 Å². The first-order valence-corrected chi connectivity index (χ1v) is 7.79. The monoisotopic (exact) mass is 332 g/mol. The van der Waals surface area contributed by atoms with Crippen molar-refractivity contribution in [1.82, 2.24) is 9.78 Å². The SMILES string of the molecule is N#Cc1cnn(-c2ccccc2)c1NC(=O)CCOc1ccccc1. The number of hydrogen-bond acceptors (Lipinski definition) is 4. The van der Waals surface area contributed by atoms with Gasteiger partial charge in [-0.3, -0.25) is 4.79 Å². The number of nitriles is 1. The van der Waals surface area contributed by atoms with Crippen LogP contribution in [0.1, 0.15) is 12.0 Å². The molecule has 25 heavy (non-hydrogen) atoms. The third-order valence-electron chi connectivity index (χ3n) is 3.49. The summed E-state index contributed by atoms with van der Waals surface area (Å²) < 4.78 is 7.06. The zero-order chi connectivity index (χ0) is 17.5. The minimum Gasteiger partial charge on any atom is -0.493 e. The van der Waals surface area contributed by atoms with Gasteiger partial charge in [-0.1, -0.05) is 36.4 Å². The lowest BCUT2D eigenvalue weighted by molar-refractivity contribution is -0.116. The first-order chi connectivity index (χ1) is 12.3. The number of hydrogen-bond donors (Lipinski definition) is 1. The maximum atomic E-state index is 12.2. The molecule has 3 aromatic rings. The molecule has 0 aliphatic carbocycles. The molecule has 0 aliphatic heterocycles. The smallest absolute Gasteiger partial charge is 0.228 e. The number of rotatable bonds is 6. The number of para-hydroxylation sites is 2. The van der Waals surface area contributed by atoms with Crippen LogP contribution in [-0.4, -0.2) is 22.3 Å². The molecule has 0 saturated carbocycles. The summed E-state index contributed by atoms with van der Waals surface area (Å²) in [5.74, 6) is 0.825. The average Bonchev–Trinajstić information content (AvgIpc) is 3.06. The molecule has 3 rings (SSSR count). The second-order valence-electron chi connectivity index (χ2n) is 5.23. The van der Waals surface area contributed by atoms with Crippen LogP contribution in [-0.2, 0) is 4.79 Å². The standard InChI is InChI=1S/C19H16N4O2/c20-13-15-14-21-23(16-7-3-1-4-8-16)19(15)22-18(24)11-12-25-17-9-5-2-6-10-17/h1-10,14H,11-12H2,(H,22,24). The Morgan fingerprint density at radius 1 is 1.12 bits per heavy atom. The van der Waals surface area contributed by atoms with Crippen molar-refractivity contribution in [1.29, 1.82) is 5.26 Å². The summed E-state index contributed by atoms with van der Waals surface area (Å²) in [4.78, 5) is 12.2. The Bertz CT molecular complexity index is 883. The highest BCUT2D eigenvalue weighted by Gasteiger charge is 2.15. The molecule has 0 spiro atoms. The maximum absolute atomic E-state index is 12.2. The Hall–Kier alpha value is -3.59. The highest BCUT2D eigenvalue weighted by atomic mass is 16.5. The Morgan fingerprint density at radius 2 is 1.80 bits per heavy atom. The Kier molecular flexibility index (Phi) is 5.07. The van der Waals surface area contributed by atoms with Crippen LogP contribution in [0.5, 0.6) is 5.75 Å². The molecule has 1 aromatic heterocycles. The van der Waals surface area contributed by atoms with Gasteiger partial charge >= 0.3 is 0 Å². The zero-order valence-electron chi connectivity index (χ0n) is 13.4. The predicted octanol–water partition coefficient (Wildman–Crippen LogP) is 3.15. The molecular formula is C19H16N4O2. The van der Waals surface area contributed by atoms with Crippen molar-refractivity contribution in [3.63, 3.8) is 0 Å². The van der Waals surface area contributed by atoms with Crippen LogP contribution in [0.15, 0.2) is 66.9 Å². The van der Waals surface area contributed by atoms with Gasteiger partial charge in [-0.25, -0.2) is 4.68 Å². The molecule has 0 saturated heterocycles. The highest BCUT2D eigenvalue weighted by molar-refractivity contribution is 5.91. The average molecular weight is 332 g/mol. The number of carbonyl (C=O) groups is 1. The molecule has 124 valence electrons. The molecule has 6 heteroatoms. The molecule has 1 N–H and O–H groups in total. The number of carbonyl (C=O) groups excluding carboxylic acids is 1. The van der Waals surface area contributed by atoms with Gasteiger partial charge in [0, 0.05) is 0 Å². The van der Waals surface area contributed by atoms with Crippen LogP contribution in [0.2, 0.25) is 0 Å². The van der Waals surface area contributed by atoms with Gasteiger partial charge in [-0.2, -0.15) is 10.4 Å². The van der Waals surface area contributed by atoms with Gasteiger partial charge < -0.3 is 10.1 Å². The van der Waals surface area contributed by atoms with E-state index in [0.717, 1.165) is 5.69 Å². The molecule has 0 fully saturated rings. The first-order valence-electron chi connectivity index (χ1n) is 7.79. The van der Waals surface area contributed by atoms with Gasteiger partial charge in [0.2, 0.25) is 5.91 Å². The summed E-state index contributed by atoms with van der Waals surface area (Å²) in [5.41, 5.74) is 1.07. The van der Waals surface area contributed by atoms with Crippen LogP contribution >= 0.6 is 0 Å². The fourth-order valence-electron chi connectivity index (χ4n) is 2.29. The fourth-order valence-corrected chi connectivity index (χ4v) is 2.29. The third kappa shape index (κ3) is 4.03. The minimum absolute atomic E-state index is 0.166. The Morgan fingerprint density at radius 3 is 2.48 bits per heavy atom. The van der Waals surface area contributed by atoms with E-state index >= 15 is 0 Å². The van der Waals surface area contributed by atoms with Crippen LogP contribution in [0.3, 0.4) is 0 Å². The Balaban J connectivity index is 1.67. The van der Waals surface area contributed by atoms with E-state index in [4.69, 9.17) is 4.74 Å². The van der Waals surface area contributed by atoms with Gasteiger partial charge in [0.25, 0.3) is 0 Å². The van der Waals surface area contributed by atoms with Crippen molar-refractivity contribution in [2.45, 2.75) is 6.42 Å². The second kappa shape index (κ2) is 7.79. The van der Waals surface area contributed by atoms with E-state index in [2.05, 4.69) is 10.4 Å². The summed E-state index contributed by atoms with van der Waals surface area (Å²) in [6, 6.07) is 20.6. The van der Waals surface area contributed by atoms with E-state index in [1.807, 2.05) is 66.7 Å².